The Labute approximate surface area is 118 Å². The standard InChI is InChI=1S/C17H28N2/c1-3-5-7-16-12-13-17(19-18-16)15-10-8-14(6-4-2)9-11-15/h12-15H,3-11H2,1-2H3/t14-,15-. The van der Waals surface area contributed by atoms with E-state index in [1.807, 2.05) is 0 Å². The van der Waals surface area contributed by atoms with E-state index < -0.39 is 0 Å². The van der Waals surface area contributed by atoms with Gasteiger partial charge in [0.15, 0.2) is 0 Å². The van der Waals surface area contributed by atoms with Crippen LogP contribution >= 0.6 is 0 Å². The molecule has 0 unspecified atom stereocenters. The molecule has 0 amide bonds. The summed E-state index contributed by atoms with van der Waals surface area (Å²) in [6.45, 7) is 4.52. The first-order valence-corrected chi connectivity index (χ1v) is 8.16. The first-order valence-electron chi connectivity index (χ1n) is 8.16. The number of rotatable bonds is 6. The fourth-order valence-corrected chi connectivity index (χ4v) is 3.23. The molecule has 2 rings (SSSR count). The molecule has 2 nitrogen and oxygen atoms in total. The molecule has 0 aliphatic heterocycles. The van der Waals surface area contributed by atoms with Crippen LogP contribution in [0.2, 0.25) is 0 Å². The zero-order valence-corrected chi connectivity index (χ0v) is 12.6. The van der Waals surface area contributed by atoms with Gasteiger partial charge in [-0.15, -0.1) is 0 Å². The molecule has 19 heavy (non-hydrogen) atoms. The summed E-state index contributed by atoms with van der Waals surface area (Å²) >= 11 is 0. The third-order valence-electron chi connectivity index (χ3n) is 4.49. The summed E-state index contributed by atoms with van der Waals surface area (Å²) < 4.78 is 0. The van der Waals surface area contributed by atoms with Crippen molar-refractivity contribution in [2.75, 3.05) is 0 Å². The molecule has 2 heteroatoms. The Bertz CT molecular complexity index is 350. The van der Waals surface area contributed by atoms with E-state index in [4.69, 9.17) is 0 Å². The molecule has 1 heterocycles. The third-order valence-corrected chi connectivity index (χ3v) is 4.49. The maximum Gasteiger partial charge on any atom is 0.0662 e. The lowest BCUT2D eigenvalue weighted by Gasteiger charge is -2.27. The van der Waals surface area contributed by atoms with Crippen LogP contribution in [0.25, 0.3) is 0 Å². The van der Waals surface area contributed by atoms with E-state index in [1.54, 1.807) is 0 Å². The number of aryl methyl sites for hydroxylation is 1. The predicted octanol–water partition coefficient (Wildman–Crippen LogP) is 4.89. The molecule has 1 aromatic heterocycles. The van der Waals surface area contributed by atoms with Crippen LogP contribution < -0.4 is 0 Å². The van der Waals surface area contributed by atoms with Crippen molar-refractivity contribution in [3.8, 4) is 0 Å². The van der Waals surface area contributed by atoms with Crippen LogP contribution in [0.4, 0.5) is 0 Å². The van der Waals surface area contributed by atoms with Gasteiger partial charge in [-0.25, -0.2) is 0 Å². The summed E-state index contributed by atoms with van der Waals surface area (Å²) in [5, 5.41) is 8.87. The summed E-state index contributed by atoms with van der Waals surface area (Å²) in [5.74, 6) is 1.64. The van der Waals surface area contributed by atoms with E-state index in [1.165, 1.54) is 57.1 Å². The van der Waals surface area contributed by atoms with Crippen LogP contribution in [-0.4, -0.2) is 10.2 Å². The average molecular weight is 260 g/mol. The Morgan fingerprint density at radius 2 is 1.79 bits per heavy atom. The molecule has 1 aliphatic rings. The van der Waals surface area contributed by atoms with Crippen LogP contribution in [0.15, 0.2) is 12.1 Å². The molecular formula is C17H28N2. The lowest BCUT2D eigenvalue weighted by atomic mass is 9.79. The number of nitrogens with zero attached hydrogens (tertiary/aromatic N) is 2. The Balaban J connectivity index is 1.85. The molecule has 0 aromatic carbocycles. The quantitative estimate of drug-likeness (QED) is 0.727. The Hall–Kier alpha value is -0.920. The minimum Gasteiger partial charge on any atom is -0.155 e. The summed E-state index contributed by atoms with van der Waals surface area (Å²) in [5.41, 5.74) is 2.39. The minimum atomic E-state index is 0.667. The van der Waals surface area contributed by atoms with Gasteiger partial charge in [0.25, 0.3) is 0 Å². The van der Waals surface area contributed by atoms with Gasteiger partial charge >= 0.3 is 0 Å². The van der Waals surface area contributed by atoms with E-state index in [2.05, 4.69) is 36.2 Å². The topological polar surface area (TPSA) is 25.8 Å². The highest BCUT2D eigenvalue weighted by atomic mass is 15.1. The van der Waals surface area contributed by atoms with E-state index in [0.29, 0.717) is 5.92 Å². The van der Waals surface area contributed by atoms with E-state index in [-0.39, 0.29) is 0 Å². The van der Waals surface area contributed by atoms with Crippen molar-refractivity contribution in [1.29, 1.82) is 0 Å². The van der Waals surface area contributed by atoms with Crippen molar-refractivity contribution in [3.05, 3.63) is 23.5 Å². The molecule has 1 aromatic rings. The molecule has 0 saturated heterocycles. The number of hydrogen-bond donors (Lipinski definition) is 0. The number of hydrogen-bond acceptors (Lipinski definition) is 2. The van der Waals surface area contributed by atoms with Crippen LogP contribution in [0, 0.1) is 5.92 Å². The largest absolute Gasteiger partial charge is 0.155 e. The summed E-state index contributed by atoms with van der Waals surface area (Å²) in [7, 11) is 0. The van der Waals surface area contributed by atoms with Gasteiger partial charge < -0.3 is 0 Å². The van der Waals surface area contributed by atoms with Gasteiger partial charge in [0, 0.05) is 5.92 Å². The lowest BCUT2D eigenvalue weighted by Crippen LogP contribution is -2.14. The second-order valence-corrected chi connectivity index (χ2v) is 6.06. The molecule has 0 radical (unpaired) electrons. The molecule has 1 aliphatic carbocycles. The molecule has 0 bridgehead atoms. The van der Waals surface area contributed by atoms with Crippen molar-refractivity contribution in [2.45, 2.75) is 77.6 Å². The average Bonchev–Trinajstić information content (AvgIpc) is 2.47. The van der Waals surface area contributed by atoms with Gasteiger partial charge in [0.1, 0.15) is 0 Å². The number of unbranched alkanes of at least 4 members (excludes halogenated alkanes) is 1. The van der Waals surface area contributed by atoms with Gasteiger partial charge in [-0.1, -0.05) is 33.1 Å². The monoisotopic (exact) mass is 260 g/mol. The first kappa shape index (κ1) is 14.5. The minimum absolute atomic E-state index is 0.667. The third kappa shape index (κ3) is 4.29. The second-order valence-electron chi connectivity index (χ2n) is 6.06. The summed E-state index contributed by atoms with van der Waals surface area (Å²) in [6.07, 6.45) is 11.7. The Kier molecular flexibility index (Phi) is 5.81. The van der Waals surface area contributed by atoms with Crippen LogP contribution in [0.5, 0.6) is 0 Å². The second kappa shape index (κ2) is 7.62. The van der Waals surface area contributed by atoms with E-state index >= 15 is 0 Å². The fourth-order valence-electron chi connectivity index (χ4n) is 3.23. The highest BCUT2D eigenvalue weighted by Crippen LogP contribution is 2.36. The van der Waals surface area contributed by atoms with Crippen molar-refractivity contribution < 1.29 is 0 Å². The fraction of sp³-hybridized carbons (Fsp3) is 0.765. The maximum absolute atomic E-state index is 4.48. The normalized spacial score (nSPS) is 23.5. The molecule has 0 N–H and O–H groups in total. The van der Waals surface area contributed by atoms with Crippen LogP contribution in [0.3, 0.4) is 0 Å². The highest BCUT2D eigenvalue weighted by molar-refractivity contribution is 5.12. The Morgan fingerprint density at radius 3 is 2.37 bits per heavy atom. The summed E-state index contributed by atoms with van der Waals surface area (Å²) in [4.78, 5) is 0. The van der Waals surface area contributed by atoms with Crippen LogP contribution in [-0.2, 0) is 6.42 Å². The van der Waals surface area contributed by atoms with Gasteiger partial charge in [-0.3, -0.25) is 0 Å². The SMILES string of the molecule is CCCCc1ccc([C@H]2CC[C@H](CCC)CC2)nn1. The van der Waals surface area contributed by atoms with E-state index in [0.717, 1.165) is 18.0 Å². The maximum atomic E-state index is 4.48. The van der Waals surface area contributed by atoms with E-state index in [9.17, 15) is 0 Å². The highest BCUT2D eigenvalue weighted by Gasteiger charge is 2.22. The summed E-state index contributed by atoms with van der Waals surface area (Å²) in [6, 6.07) is 4.42. The smallest absolute Gasteiger partial charge is 0.0662 e. The molecular weight excluding hydrogens is 232 g/mol. The predicted molar refractivity (Wildman–Crippen MR) is 80.3 cm³/mol. The molecule has 0 spiro atoms. The van der Waals surface area contributed by atoms with Gasteiger partial charge in [-0.2, -0.15) is 10.2 Å². The number of aromatic nitrogens is 2. The van der Waals surface area contributed by atoms with Gasteiger partial charge in [0.05, 0.1) is 11.4 Å². The zero-order chi connectivity index (χ0) is 13.5. The zero-order valence-electron chi connectivity index (χ0n) is 12.6. The lowest BCUT2D eigenvalue weighted by molar-refractivity contribution is 0.304. The van der Waals surface area contributed by atoms with Crippen molar-refractivity contribution in [2.24, 2.45) is 5.92 Å². The first-order chi connectivity index (χ1) is 9.33. The van der Waals surface area contributed by atoms with Crippen molar-refractivity contribution >= 4 is 0 Å². The molecule has 106 valence electrons. The van der Waals surface area contributed by atoms with Gasteiger partial charge in [-0.05, 0) is 56.6 Å². The van der Waals surface area contributed by atoms with Crippen molar-refractivity contribution in [1.82, 2.24) is 10.2 Å². The van der Waals surface area contributed by atoms with Gasteiger partial charge in [0.2, 0.25) is 0 Å². The van der Waals surface area contributed by atoms with Crippen molar-refractivity contribution in [3.63, 3.8) is 0 Å². The molecule has 1 fully saturated rings. The molecule has 0 atom stereocenters. The Morgan fingerprint density at radius 1 is 1.00 bits per heavy atom. The molecule has 1 saturated carbocycles. The van der Waals surface area contributed by atoms with Crippen LogP contribution in [0.1, 0.15) is 82.5 Å².